The molecule has 0 heteroatoms. The lowest BCUT2D eigenvalue weighted by Crippen LogP contribution is -2.09. The van der Waals surface area contributed by atoms with Crippen LogP contribution in [0.2, 0.25) is 0 Å². The van der Waals surface area contributed by atoms with Crippen LogP contribution >= 0.6 is 0 Å². The summed E-state index contributed by atoms with van der Waals surface area (Å²) in [5.74, 6) is 0.860. The first-order chi connectivity index (χ1) is 10.9. The molecule has 0 spiro atoms. The molecule has 0 bridgehead atoms. The summed E-state index contributed by atoms with van der Waals surface area (Å²) in [6, 6.07) is 9.17. The second-order valence-corrected chi connectivity index (χ2v) is 7.26. The Bertz CT molecular complexity index is 393. The molecule has 1 unspecified atom stereocenters. The number of benzene rings is 1. The largest absolute Gasteiger partial charge is 0.0654 e. The predicted molar refractivity (Wildman–Crippen MR) is 98.6 cm³/mol. The molecule has 0 radical (unpaired) electrons. The summed E-state index contributed by atoms with van der Waals surface area (Å²) in [6.07, 6.45) is 20.0. The van der Waals surface area contributed by atoms with Gasteiger partial charge in [0.05, 0.1) is 0 Å². The lowest BCUT2D eigenvalue weighted by Gasteiger charge is -2.25. The molecular formula is C22H36. The second-order valence-electron chi connectivity index (χ2n) is 7.26. The summed E-state index contributed by atoms with van der Waals surface area (Å²) >= 11 is 0. The average molecular weight is 301 g/mol. The smallest absolute Gasteiger partial charge is 0.0159 e. The van der Waals surface area contributed by atoms with Crippen LogP contribution in [0.5, 0.6) is 0 Å². The van der Waals surface area contributed by atoms with Crippen LogP contribution in [-0.2, 0) is 6.42 Å². The van der Waals surface area contributed by atoms with Crippen molar-refractivity contribution in [1.29, 1.82) is 0 Å². The Morgan fingerprint density at radius 2 is 1.45 bits per heavy atom. The van der Waals surface area contributed by atoms with Crippen molar-refractivity contribution in [3.05, 3.63) is 35.4 Å². The van der Waals surface area contributed by atoms with Gasteiger partial charge in [0.2, 0.25) is 0 Å². The van der Waals surface area contributed by atoms with Crippen LogP contribution in [0.4, 0.5) is 0 Å². The molecule has 1 aliphatic carbocycles. The summed E-state index contributed by atoms with van der Waals surface area (Å²) < 4.78 is 0. The van der Waals surface area contributed by atoms with Gasteiger partial charge in [-0.1, -0.05) is 95.4 Å². The van der Waals surface area contributed by atoms with E-state index in [9.17, 15) is 0 Å². The van der Waals surface area contributed by atoms with Crippen molar-refractivity contribution in [3.63, 3.8) is 0 Å². The minimum Gasteiger partial charge on any atom is -0.0654 e. The molecule has 1 aromatic carbocycles. The SMILES string of the molecule is CCCCCCCCCCCCC1CCCc2ccccc21. The molecule has 124 valence electrons. The number of hydrogen-bond acceptors (Lipinski definition) is 0. The number of aryl methyl sites for hydroxylation is 1. The van der Waals surface area contributed by atoms with Gasteiger partial charge < -0.3 is 0 Å². The molecule has 0 aliphatic heterocycles. The highest BCUT2D eigenvalue weighted by Crippen LogP contribution is 2.35. The summed E-state index contributed by atoms with van der Waals surface area (Å²) in [4.78, 5) is 0. The molecule has 1 aromatic rings. The topological polar surface area (TPSA) is 0 Å². The first kappa shape index (κ1) is 17.6. The van der Waals surface area contributed by atoms with Crippen LogP contribution in [0.25, 0.3) is 0 Å². The van der Waals surface area contributed by atoms with Gasteiger partial charge in [0, 0.05) is 0 Å². The van der Waals surface area contributed by atoms with Gasteiger partial charge in [-0.05, 0) is 42.7 Å². The van der Waals surface area contributed by atoms with Crippen molar-refractivity contribution in [2.24, 2.45) is 0 Å². The monoisotopic (exact) mass is 300 g/mol. The highest BCUT2D eigenvalue weighted by molar-refractivity contribution is 5.32. The van der Waals surface area contributed by atoms with Crippen molar-refractivity contribution >= 4 is 0 Å². The van der Waals surface area contributed by atoms with E-state index < -0.39 is 0 Å². The van der Waals surface area contributed by atoms with E-state index in [-0.39, 0.29) is 0 Å². The van der Waals surface area contributed by atoms with Crippen LogP contribution in [0.1, 0.15) is 107 Å². The standard InChI is InChI=1S/C22H36/c1-2-3-4-5-6-7-8-9-10-11-15-20-17-14-18-21-16-12-13-19-22(20)21/h12-13,16,19-20H,2-11,14-15,17-18H2,1H3. The summed E-state index contributed by atoms with van der Waals surface area (Å²) in [5, 5.41) is 0. The zero-order valence-electron chi connectivity index (χ0n) is 14.8. The maximum absolute atomic E-state index is 2.38. The van der Waals surface area contributed by atoms with E-state index in [1.54, 1.807) is 11.1 Å². The molecule has 0 saturated heterocycles. The second kappa shape index (κ2) is 10.9. The molecular weight excluding hydrogens is 264 g/mol. The van der Waals surface area contributed by atoms with Crippen molar-refractivity contribution < 1.29 is 0 Å². The summed E-state index contributed by atoms with van der Waals surface area (Å²) in [6.45, 7) is 2.30. The average Bonchev–Trinajstić information content (AvgIpc) is 2.56. The van der Waals surface area contributed by atoms with E-state index >= 15 is 0 Å². The lowest BCUT2D eigenvalue weighted by atomic mass is 9.80. The van der Waals surface area contributed by atoms with E-state index in [0.29, 0.717) is 0 Å². The molecule has 0 fully saturated rings. The van der Waals surface area contributed by atoms with Crippen molar-refractivity contribution in [2.75, 3.05) is 0 Å². The first-order valence-electron chi connectivity index (χ1n) is 9.99. The highest BCUT2D eigenvalue weighted by atomic mass is 14.2. The molecule has 1 aliphatic rings. The van der Waals surface area contributed by atoms with Gasteiger partial charge in [-0.15, -0.1) is 0 Å². The molecule has 0 saturated carbocycles. The summed E-state index contributed by atoms with van der Waals surface area (Å²) in [7, 11) is 0. The number of fused-ring (bicyclic) bond motifs is 1. The zero-order valence-corrected chi connectivity index (χ0v) is 14.8. The maximum Gasteiger partial charge on any atom is -0.0159 e. The van der Waals surface area contributed by atoms with Crippen LogP contribution in [0.3, 0.4) is 0 Å². The minimum absolute atomic E-state index is 0.860. The molecule has 22 heavy (non-hydrogen) atoms. The van der Waals surface area contributed by atoms with Gasteiger partial charge in [-0.2, -0.15) is 0 Å². The van der Waals surface area contributed by atoms with E-state index in [4.69, 9.17) is 0 Å². The molecule has 2 rings (SSSR count). The lowest BCUT2D eigenvalue weighted by molar-refractivity contribution is 0.480. The molecule has 0 aromatic heterocycles. The first-order valence-corrected chi connectivity index (χ1v) is 9.99. The fourth-order valence-electron chi connectivity index (χ4n) is 4.03. The van der Waals surface area contributed by atoms with Crippen molar-refractivity contribution in [2.45, 2.75) is 103 Å². The highest BCUT2D eigenvalue weighted by Gasteiger charge is 2.18. The van der Waals surface area contributed by atoms with E-state index in [2.05, 4.69) is 31.2 Å². The van der Waals surface area contributed by atoms with E-state index in [0.717, 1.165) is 5.92 Å². The Morgan fingerprint density at radius 3 is 2.18 bits per heavy atom. The normalized spacial score (nSPS) is 17.4. The number of rotatable bonds is 11. The van der Waals surface area contributed by atoms with Gasteiger partial charge in [-0.25, -0.2) is 0 Å². The third-order valence-corrected chi connectivity index (χ3v) is 5.40. The van der Waals surface area contributed by atoms with Crippen LogP contribution in [0.15, 0.2) is 24.3 Å². The number of unbranched alkanes of at least 4 members (excludes halogenated alkanes) is 9. The van der Waals surface area contributed by atoms with Crippen molar-refractivity contribution in [3.8, 4) is 0 Å². The fourth-order valence-corrected chi connectivity index (χ4v) is 4.03. The molecule has 0 nitrogen and oxygen atoms in total. The van der Waals surface area contributed by atoms with Gasteiger partial charge in [0.15, 0.2) is 0 Å². The Morgan fingerprint density at radius 1 is 0.818 bits per heavy atom. The third kappa shape index (κ3) is 6.15. The maximum atomic E-state index is 2.38. The van der Waals surface area contributed by atoms with Crippen molar-refractivity contribution in [1.82, 2.24) is 0 Å². The fraction of sp³-hybridized carbons (Fsp3) is 0.727. The molecule has 1 atom stereocenters. The summed E-state index contributed by atoms with van der Waals surface area (Å²) in [5.41, 5.74) is 3.30. The third-order valence-electron chi connectivity index (χ3n) is 5.40. The van der Waals surface area contributed by atoms with Gasteiger partial charge >= 0.3 is 0 Å². The van der Waals surface area contributed by atoms with Crippen LogP contribution in [-0.4, -0.2) is 0 Å². The predicted octanol–water partition coefficient (Wildman–Crippen LogP) is 7.42. The quantitative estimate of drug-likeness (QED) is 0.373. The molecule has 0 heterocycles. The minimum atomic E-state index is 0.860. The van der Waals surface area contributed by atoms with Gasteiger partial charge in [0.1, 0.15) is 0 Å². The van der Waals surface area contributed by atoms with Gasteiger partial charge in [-0.3, -0.25) is 0 Å². The number of hydrogen-bond donors (Lipinski definition) is 0. The molecule has 0 N–H and O–H groups in total. The van der Waals surface area contributed by atoms with E-state index in [1.165, 1.54) is 89.9 Å². The Labute approximate surface area is 138 Å². The van der Waals surface area contributed by atoms with Crippen LogP contribution in [0, 0.1) is 0 Å². The van der Waals surface area contributed by atoms with Crippen LogP contribution < -0.4 is 0 Å². The van der Waals surface area contributed by atoms with Gasteiger partial charge in [0.25, 0.3) is 0 Å². The molecule has 0 amide bonds. The van der Waals surface area contributed by atoms with E-state index in [1.807, 2.05) is 0 Å². The Hall–Kier alpha value is -0.780. The Kier molecular flexibility index (Phi) is 8.68. The Balaban J connectivity index is 1.51. The zero-order chi connectivity index (χ0) is 15.5.